The molecule has 0 atom stereocenters. The highest BCUT2D eigenvalue weighted by Crippen LogP contribution is 2.23. The Morgan fingerprint density at radius 2 is 0.951 bits per heavy atom. The van der Waals surface area contributed by atoms with Crippen LogP contribution in [0.25, 0.3) is 0 Å². The summed E-state index contributed by atoms with van der Waals surface area (Å²) in [6.45, 7) is 11.8. The molecule has 2 amide bonds. The Labute approximate surface area is 355 Å². The molecule has 16 heteroatoms. The molecule has 7 rings (SSSR count). The number of anilines is 3. The summed E-state index contributed by atoms with van der Waals surface area (Å²) in [7, 11) is 0. The van der Waals surface area contributed by atoms with Gasteiger partial charge in [0.1, 0.15) is 19.0 Å². The van der Waals surface area contributed by atoms with E-state index >= 15 is 0 Å². The van der Waals surface area contributed by atoms with Crippen molar-refractivity contribution in [2.24, 2.45) is 0 Å². The molecule has 2 fully saturated rings. The van der Waals surface area contributed by atoms with Gasteiger partial charge in [-0.2, -0.15) is 0 Å². The van der Waals surface area contributed by atoms with Gasteiger partial charge in [-0.15, -0.1) is 0 Å². The zero-order chi connectivity index (χ0) is 42.1. The fourth-order valence-corrected chi connectivity index (χ4v) is 6.47. The van der Waals surface area contributed by atoms with E-state index in [-0.39, 0.29) is 29.0 Å². The monoisotopic (exact) mass is 839 g/mol. The predicted molar refractivity (Wildman–Crippen MR) is 231 cm³/mol. The first-order chi connectivity index (χ1) is 28.5. The van der Waals surface area contributed by atoms with Gasteiger partial charge < -0.3 is 45.8 Å². The van der Waals surface area contributed by atoms with Gasteiger partial charge in [0.05, 0.1) is 0 Å². The van der Waals surface area contributed by atoms with E-state index < -0.39 is 0 Å². The number of nitrogen functional groups attached to an aromatic ring is 1. The van der Waals surface area contributed by atoms with Crippen molar-refractivity contribution in [3.8, 4) is 0 Å². The summed E-state index contributed by atoms with van der Waals surface area (Å²) >= 11 is 0. The molecule has 0 unspecified atom stereocenters. The van der Waals surface area contributed by atoms with Gasteiger partial charge in [-0.3, -0.25) is 0 Å². The minimum absolute atomic E-state index is 0. The highest BCUT2D eigenvalue weighted by Gasteiger charge is 2.24. The number of hydrogen-bond donors (Lipinski definition) is 3. The molecule has 5 aromatic rings. The van der Waals surface area contributed by atoms with Crippen molar-refractivity contribution in [1.82, 2.24) is 9.80 Å². The lowest BCUT2D eigenvalue weighted by Gasteiger charge is -2.35. The molecule has 2 heterocycles. The number of amides is 2. The zero-order valence-corrected chi connectivity index (χ0v) is 34.6. The maximum absolute atomic E-state index is 12.4. The number of ether oxygens (including phenoxy) is 2. The number of carbonyl (C=O) groups is 2. The summed E-state index contributed by atoms with van der Waals surface area (Å²) in [5, 5.41) is 3.64. The number of nitroso groups, excluding NO2 is 2. The van der Waals surface area contributed by atoms with E-state index in [1.54, 1.807) is 28.0 Å². The van der Waals surface area contributed by atoms with E-state index in [2.05, 4.69) is 15.9 Å². The summed E-state index contributed by atoms with van der Waals surface area (Å²) < 4.78 is 23.1. The molecule has 6 N–H and O–H groups in total. The van der Waals surface area contributed by atoms with Crippen LogP contribution in [0.3, 0.4) is 0 Å². The Balaban J connectivity index is 0.000000260. The molecule has 61 heavy (non-hydrogen) atoms. The van der Waals surface area contributed by atoms with Crippen LogP contribution in [-0.2, 0) is 22.7 Å². The Hall–Kier alpha value is -6.91. The van der Waals surface area contributed by atoms with E-state index in [1.165, 1.54) is 18.2 Å². The summed E-state index contributed by atoms with van der Waals surface area (Å²) in [4.78, 5) is 53.3. The molecule has 0 aliphatic carbocycles. The lowest BCUT2D eigenvalue weighted by atomic mass is 10.1. The quantitative estimate of drug-likeness (QED) is 0.172. The van der Waals surface area contributed by atoms with Gasteiger partial charge in [0.15, 0.2) is 0 Å². The number of piperazine rings is 2. The van der Waals surface area contributed by atoms with Crippen molar-refractivity contribution in [1.29, 1.82) is 0 Å². The smallest absolute Gasteiger partial charge is 0.410 e. The number of halogens is 1. The fourth-order valence-electron chi connectivity index (χ4n) is 6.47. The topological polar surface area (TPSA) is 214 Å². The molecule has 0 bridgehead atoms. The van der Waals surface area contributed by atoms with Gasteiger partial charge in [0, 0.05) is 113 Å². The van der Waals surface area contributed by atoms with Crippen molar-refractivity contribution in [2.45, 2.75) is 34.0 Å². The first kappa shape index (κ1) is 48.5. The number of nitrogens with two attached hydrogens (primary N) is 1. The van der Waals surface area contributed by atoms with E-state index in [4.69, 9.17) is 15.2 Å². The lowest BCUT2D eigenvalue weighted by Crippen LogP contribution is -2.56. The number of hydrogen-bond acceptors (Lipinski definition) is 11. The van der Waals surface area contributed by atoms with Crippen LogP contribution in [0.1, 0.15) is 27.8 Å². The second kappa shape index (κ2) is 24.2. The number of rotatable bonds is 8. The summed E-state index contributed by atoms with van der Waals surface area (Å²) in [6, 6.07) is 35.1. The lowest BCUT2D eigenvalue weighted by molar-refractivity contribution is -0.380. The number of carbonyl (C=O) groups excluding carboxylic acids is 2. The molecule has 324 valence electrons. The molecule has 0 spiro atoms. The maximum Gasteiger partial charge on any atom is 0.410 e. The first-order valence-corrected chi connectivity index (χ1v) is 19.4. The molecule has 2 aliphatic rings. The minimum atomic E-state index is -0.323. The van der Waals surface area contributed by atoms with Crippen LogP contribution in [-0.4, -0.2) is 85.3 Å². The second-order valence-electron chi connectivity index (χ2n) is 14.2. The minimum Gasteiger partial charge on any atom is -0.870 e. The van der Waals surface area contributed by atoms with Crippen LogP contribution in [0, 0.1) is 36.4 Å². The highest BCUT2D eigenvalue weighted by atomic mass is 19.1. The van der Waals surface area contributed by atoms with Crippen LogP contribution in [0.2, 0.25) is 0 Å². The summed E-state index contributed by atoms with van der Waals surface area (Å²) in [6.07, 6.45) is -0.516. The van der Waals surface area contributed by atoms with E-state index in [0.29, 0.717) is 56.3 Å². The Morgan fingerprint density at radius 1 is 0.557 bits per heavy atom. The average molecular weight is 840 g/mol. The number of nitrogens with one attached hydrogen (secondary N) is 2. The van der Waals surface area contributed by atoms with Gasteiger partial charge >= 0.3 is 12.2 Å². The summed E-state index contributed by atoms with van der Waals surface area (Å²) in [5.41, 5.74) is 14.5. The predicted octanol–water partition coefficient (Wildman–Crippen LogP) is 5.23. The van der Waals surface area contributed by atoms with Crippen molar-refractivity contribution in [2.75, 3.05) is 67.9 Å². The molecular formula is C45H54FN7O8. The molecule has 2 aliphatic heterocycles. The van der Waals surface area contributed by atoms with Crippen LogP contribution in [0.15, 0.2) is 115 Å². The van der Waals surface area contributed by atoms with Gasteiger partial charge in [0.25, 0.3) is 11.4 Å². The van der Waals surface area contributed by atoms with Crippen LogP contribution in [0.5, 0.6) is 0 Å². The SMILES string of the molecule is Cc1cc(F)ccc1[NH+]=O.Cc1cc(N2CCN(C(=O)OCc3ccccc3)CC2)ccc1N.Cc1cc(N2CCN(C(=O)OCc3ccccc3)CC2)ccc1[NH+]=O.[OH-].[OH-]. The molecule has 15 nitrogen and oxygen atoms in total. The molecule has 0 saturated carbocycles. The van der Waals surface area contributed by atoms with Crippen molar-refractivity contribution >= 4 is 40.6 Å². The van der Waals surface area contributed by atoms with Crippen LogP contribution >= 0.6 is 0 Å². The largest absolute Gasteiger partial charge is 0.870 e. The van der Waals surface area contributed by atoms with E-state index in [0.717, 1.165) is 65.5 Å². The molecule has 0 aromatic heterocycles. The van der Waals surface area contributed by atoms with Crippen molar-refractivity contribution < 1.29 is 44.8 Å². The van der Waals surface area contributed by atoms with Gasteiger partial charge in [0.2, 0.25) is 0 Å². The molecule has 0 radical (unpaired) electrons. The Kier molecular flexibility index (Phi) is 19.3. The number of benzene rings is 5. The third-order valence-corrected chi connectivity index (χ3v) is 10.1. The van der Waals surface area contributed by atoms with E-state index in [9.17, 15) is 23.8 Å². The molecule has 2 saturated heterocycles. The third kappa shape index (κ3) is 14.4. The maximum atomic E-state index is 12.4. The first-order valence-electron chi connectivity index (χ1n) is 19.4. The number of aryl methyl sites for hydroxylation is 3. The van der Waals surface area contributed by atoms with E-state index in [1.807, 2.05) is 104 Å². The fraction of sp³-hybridized carbons (Fsp3) is 0.289. The van der Waals surface area contributed by atoms with Gasteiger partial charge in [-0.25, -0.2) is 14.0 Å². The second-order valence-corrected chi connectivity index (χ2v) is 14.2. The standard InChI is InChI=1S/C19H21N3O3.C19H23N3O2.C7H6FNO.2H2O/c1-15-13-17(7-8-18(15)20-24)21-9-11-22(12-10-21)19(23)25-14-16-5-3-2-4-6-16;1-15-13-17(7-8-18(15)20)21-9-11-22(12-10-21)19(23)24-14-16-5-3-2-4-6-16;1-5-4-6(8)2-3-7(5)9-10;;/h2-8,13H,9-12,14H2,1H3;2-8,13H,9-12,14,20H2,1H3;2-4H,1H3;2*1H2. The van der Waals surface area contributed by atoms with Gasteiger partial charge in [-0.05, 0) is 79.9 Å². The third-order valence-electron chi connectivity index (χ3n) is 10.1. The number of nitrogens with zero attached hydrogens (tertiary/aromatic N) is 4. The molecular weight excluding hydrogens is 786 g/mol. The van der Waals surface area contributed by atoms with Crippen molar-refractivity contribution in [3.05, 3.63) is 159 Å². The van der Waals surface area contributed by atoms with Crippen LogP contribution in [0.4, 0.5) is 42.4 Å². The zero-order valence-electron chi connectivity index (χ0n) is 34.6. The average Bonchev–Trinajstić information content (AvgIpc) is 3.27. The highest BCUT2D eigenvalue weighted by molar-refractivity contribution is 5.69. The summed E-state index contributed by atoms with van der Waals surface area (Å²) in [5.74, 6) is -0.323. The Bertz CT molecular complexity index is 2170. The van der Waals surface area contributed by atoms with Gasteiger partial charge in [-0.1, -0.05) is 60.7 Å². The Morgan fingerprint density at radius 3 is 1.34 bits per heavy atom. The van der Waals surface area contributed by atoms with Crippen molar-refractivity contribution in [3.63, 3.8) is 0 Å². The normalized spacial score (nSPS) is 13.1. The molecule has 5 aromatic carbocycles. The van der Waals surface area contributed by atoms with Crippen LogP contribution < -0.4 is 25.9 Å².